The second-order valence-corrected chi connectivity index (χ2v) is 8.26. The minimum atomic E-state index is -0.546. The molecule has 2 fully saturated rings. The molecule has 4 nitrogen and oxygen atoms in total. The van der Waals surface area contributed by atoms with Crippen LogP contribution in [0.2, 0.25) is 10.0 Å². The first-order chi connectivity index (χ1) is 13.0. The number of likely N-dealkylation sites (tertiary alicyclic amines) is 1. The Balaban J connectivity index is 1.42. The van der Waals surface area contributed by atoms with Crippen LogP contribution in [0.1, 0.15) is 23.2 Å². The summed E-state index contributed by atoms with van der Waals surface area (Å²) >= 11 is 11.9. The van der Waals surface area contributed by atoms with Gasteiger partial charge in [-0.25, -0.2) is 0 Å². The normalized spacial score (nSPS) is 27.3. The quantitative estimate of drug-likeness (QED) is 0.828. The highest BCUT2D eigenvalue weighted by molar-refractivity contribution is 6.31. The molecule has 6 heteroatoms. The van der Waals surface area contributed by atoms with E-state index in [9.17, 15) is 9.90 Å². The van der Waals surface area contributed by atoms with Crippen LogP contribution < -0.4 is 4.74 Å². The van der Waals surface area contributed by atoms with Gasteiger partial charge in [0.15, 0.2) is 0 Å². The third-order valence-corrected chi connectivity index (χ3v) is 6.03. The van der Waals surface area contributed by atoms with Crippen LogP contribution in [-0.4, -0.2) is 41.2 Å². The predicted molar refractivity (Wildman–Crippen MR) is 105 cm³/mol. The minimum absolute atomic E-state index is 0.0165. The average Bonchev–Trinajstić information content (AvgIpc) is 3.05. The Kier molecular flexibility index (Phi) is 5.31. The van der Waals surface area contributed by atoms with E-state index < -0.39 is 6.10 Å². The maximum absolute atomic E-state index is 12.8. The van der Waals surface area contributed by atoms with E-state index in [1.165, 1.54) is 0 Å². The van der Waals surface area contributed by atoms with Crippen molar-refractivity contribution in [1.82, 2.24) is 4.90 Å². The van der Waals surface area contributed by atoms with Crippen LogP contribution in [0.25, 0.3) is 0 Å². The van der Waals surface area contributed by atoms with Gasteiger partial charge in [0.05, 0.1) is 6.10 Å². The number of nitrogens with zero attached hydrogens (tertiary/aromatic N) is 1. The van der Waals surface area contributed by atoms with Gasteiger partial charge >= 0.3 is 0 Å². The van der Waals surface area contributed by atoms with Gasteiger partial charge in [-0.05, 0) is 67.1 Å². The van der Waals surface area contributed by atoms with Crippen molar-refractivity contribution in [2.45, 2.75) is 25.0 Å². The summed E-state index contributed by atoms with van der Waals surface area (Å²) in [5, 5.41) is 11.8. The van der Waals surface area contributed by atoms with Gasteiger partial charge in [0.2, 0.25) is 0 Å². The smallest absolute Gasteiger partial charge is 0.253 e. The van der Waals surface area contributed by atoms with Gasteiger partial charge in [0.1, 0.15) is 11.9 Å². The molecule has 1 N–H and O–H groups in total. The van der Waals surface area contributed by atoms with E-state index in [0.717, 1.165) is 6.42 Å². The molecule has 4 atom stereocenters. The highest BCUT2D eigenvalue weighted by atomic mass is 35.5. The van der Waals surface area contributed by atoms with Gasteiger partial charge in [0, 0.05) is 28.7 Å². The maximum atomic E-state index is 12.8. The zero-order valence-electron chi connectivity index (χ0n) is 14.7. The Bertz CT molecular complexity index is 826. The van der Waals surface area contributed by atoms with E-state index in [1.54, 1.807) is 36.4 Å². The fourth-order valence-corrected chi connectivity index (χ4v) is 4.48. The molecule has 1 heterocycles. The van der Waals surface area contributed by atoms with Gasteiger partial charge in [0.25, 0.3) is 5.91 Å². The van der Waals surface area contributed by atoms with Crippen LogP contribution in [-0.2, 0) is 0 Å². The molecule has 1 aliphatic heterocycles. The number of amides is 1. The monoisotopic (exact) mass is 405 g/mol. The second kappa shape index (κ2) is 7.70. The van der Waals surface area contributed by atoms with Crippen LogP contribution in [0.5, 0.6) is 5.75 Å². The molecule has 4 rings (SSSR count). The Morgan fingerprint density at radius 2 is 1.70 bits per heavy atom. The number of ether oxygens (including phenoxy) is 1. The fraction of sp³-hybridized carbons (Fsp3) is 0.381. The molecule has 1 aliphatic carbocycles. The van der Waals surface area contributed by atoms with Gasteiger partial charge in [-0.3, -0.25) is 4.79 Å². The van der Waals surface area contributed by atoms with Gasteiger partial charge in [-0.1, -0.05) is 29.3 Å². The summed E-state index contributed by atoms with van der Waals surface area (Å²) in [6, 6.07) is 14.2. The lowest BCUT2D eigenvalue weighted by Crippen LogP contribution is -2.42. The molecule has 0 aromatic heterocycles. The molecule has 1 saturated carbocycles. The van der Waals surface area contributed by atoms with Crippen LogP contribution in [0, 0.1) is 11.8 Å². The molecular formula is C21H21Cl2NO3. The van der Waals surface area contributed by atoms with Crippen molar-refractivity contribution < 1.29 is 14.6 Å². The highest BCUT2D eigenvalue weighted by Gasteiger charge is 2.44. The number of halogens is 2. The third-order valence-electron chi connectivity index (χ3n) is 5.55. The number of hydrogen-bond donors (Lipinski definition) is 1. The van der Waals surface area contributed by atoms with Gasteiger partial charge in [-0.2, -0.15) is 0 Å². The zero-order valence-corrected chi connectivity index (χ0v) is 16.2. The first-order valence-corrected chi connectivity index (χ1v) is 9.90. The van der Waals surface area contributed by atoms with Crippen molar-refractivity contribution in [2.24, 2.45) is 11.8 Å². The minimum Gasteiger partial charge on any atom is -0.488 e. The number of aliphatic hydroxyl groups excluding tert-OH is 1. The van der Waals surface area contributed by atoms with E-state index in [4.69, 9.17) is 27.9 Å². The Hall–Kier alpha value is -1.75. The number of hydrogen-bond acceptors (Lipinski definition) is 3. The van der Waals surface area contributed by atoms with Crippen LogP contribution in [0.15, 0.2) is 48.5 Å². The third kappa shape index (κ3) is 4.08. The molecule has 27 heavy (non-hydrogen) atoms. The number of aliphatic hydroxyl groups is 1. The summed E-state index contributed by atoms with van der Waals surface area (Å²) in [4.78, 5) is 14.6. The maximum Gasteiger partial charge on any atom is 0.253 e. The number of carbonyl (C=O) groups is 1. The molecule has 142 valence electrons. The van der Waals surface area contributed by atoms with Crippen LogP contribution in [0.4, 0.5) is 0 Å². The van der Waals surface area contributed by atoms with Crippen molar-refractivity contribution in [2.75, 3.05) is 13.1 Å². The molecule has 0 bridgehead atoms. The number of benzene rings is 2. The number of carbonyl (C=O) groups excluding carboxylic acids is 1. The molecule has 0 unspecified atom stereocenters. The lowest BCUT2D eigenvalue weighted by Gasteiger charge is -2.35. The molecule has 1 amide bonds. The zero-order chi connectivity index (χ0) is 19.0. The average molecular weight is 406 g/mol. The summed E-state index contributed by atoms with van der Waals surface area (Å²) in [7, 11) is 0. The lowest BCUT2D eigenvalue weighted by molar-refractivity contribution is -0.0231. The molecule has 2 aromatic rings. The first kappa shape index (κ1) is 18.6. The molecule has 0 spiro atoms. The molecule has 1 saturated heterocycles. The number of rotatable bonds is 3. The molecule has 2 aromatic carbocycles. The van der Waals surface area contributed by atoms with Crippen molar-refractivity contribution in [3.8, 4) is 5.75 Å². The van der Waals surface area contributed by atoms with Crippen molar-refractivity contribution in [3.63, 3.8) is 0 Å². The van der Waals surface area contributed by atoms with E-state index in [2.05, 4.69) is 0 Å². The largest absolute Gasteiger partial charge is 0.488 e. The van der Waals surface area contributed by atoms with Crippen molar-refractivity contribution >= 4 is 29.1 Å². The van der Waals surface area contributed by atoms with E-state index in [-0.39, 0.29) is 12.0 Å². The second-order valence-electron chi connectivity index (χ2n) is 7.39. The molecule has 2 aliphatic rings. The van der Waals surface area contributed by atoms with Crippen molar-refractivity contribution in [3.05, 3.63) is 64.1 Å². The Morgan fingerprint density at radius 1 is 1.00 bits per heavy atom. The molecular weight excluding hydrogens is 385 g/mol. The van der Waals surface area contributed by atoms with Crippen LogP contribution >= 0.6 is 23.2 Å². The topological polar surface area (TPSA) is 49.8 Å². The lowest BCUT2D eigenvalue weighted by atomic mass is 9.78. The van der Waals surface area contributed by atoms with Gasteiger partial charge < -0.3 is 14.7 Å². The van der Waals surface area contributed by atoms with Crippen LogP contribution in [0.3, 0.4) is 0 Å². The van der Waals surface area contributed by atoms with E-state index in [1.807, 2.05) is 17.0 Å². The summed E-state index contributed by atoms with van der Waals surface area (Å²) in [5.74, 6) is 1.31. The predicted octanol–water partition coefficient (Wildman–Crippen LogP) is 4.28. The number of fused-ring (bicyclic) bond motifs is 1. The molecule has 0 radical (unpaired) electrons. The summed E-state index contributed by atoms with van der Waals surface area (Å²) in [5.41, 5.74) is 0.644. The van der Waals surface area contributed by atoms with E-state index >= 15 is 0 Å². The first-order valence-electron chi connectivity index (χ1n) is 9.15. The van der Waals surface area contributed by atoms with Crippen molar-refractivity contribution in [1.29, 1.82) is 0 Å². The highest BCUT2D eigenvalue weighted by Crippen LogP contribution is 2.38. The standard InChI is InChI=1S/C21H21Cl2NO3/c22-16-6-4-13(5-7-16)21(26)24-11-14-8-19(25)20(9-15(14)12-24)27-18-3-1-2-17(23)10-18/h1-7,10,14-15,19-20,25H,8-9,11-12H2/t14-,15+,19+,20+/m0/s1. The fourth-order valence-electron chi connectivity index (χ4n) is 4.17. The summed E-state index contributed by atoms with van der Waals surface area (Å²) in [6.07, 6.45) is 0.536. The Labute approximate surface area is 168 Å². The summed E-state index contributed by atoms with van der Waals surface area (Å²) < 4.78 is 6.00. The summed E-state index contributed by atoms with van der Waals surface area (Å²) in [6.45, 7) is 1.36. The SMILES string of the molecule is O=C(c1ccc(Cl)cc1)N1C[C@H]2C[C@@H](Oc3cccc(Cl)c3)[C@H](O)C[C@H]2C1. The van der Waals surface area contributed by atoms with E-state index in [0.29, 0.717) is 52.7 Å². The Morgan fingerprint density at radius 3 is 2.41 bits per heavy atom. The van der Waals surface area contributed by atoms with Gasteiger partial charge in [-0.15, -0.1) is 0 Å².